The van der Waals surface area contributed by atoms with E-state index < -0.39 is 10.9 Å². The zero-order chi connectivity index (χ0) is 11.9. The summed E-state index contributed by atoms with van der Waals surface area (Å²) in [7, 11) is 0. The largest absolute Gasteiger partial charge is 0.475 e. The number of nitrogens with zero attached hydrogens (tertiary/aromatic N) is 2. The van der Waals surface area contributed by atoms with Crippen LogP contribution in [0.3, 0.4) is 0 Å². The van der Waals surface area contributed by atoms with Crippen molar-refractivity contribution in [2.24, 2.45) is 0 Å². The Balaban J connectivity index is 2.74. The maximum Gasteiger partial charge on any atom is 0.371 e. The van der Waals surface area contributed by atoms with E-state index in [4.69, 9.17) is 16.7 Å². The summed E-state index contributed by atoms with van der Waals surface area (Å²) in [6.45, 7) is 0. The van der Waals surface area contributed by atoms with Crippen molar-refractivity contribution >= 4 is 34.3 Å². The Morgan fingerprint density at radius 1 is 1.56 bits per heavy atom. The number of benzene rings is 1. The first kappa shape index (κ1) is 10.4. The SMILES string of the molecule is O=C(O)c1nc2c(Cl)c([N+](=O)[O-])ccc2[nH]1. The van der Waals surface area contributed by atoms with Gasteiger partial charge in [-0.3, -0.25) is 10.1 Å². The first-order valence-corrected chi connectivity index (χ1v) is 4.44. The number of carbonyl (C=O) groups is 1. The fourth-order valence-electron chi connectivity index (χ4n) is 1.27. The van der Waals surface area contributed by atoms with Gasteiger partial charge in [0.05, 0.1) is 10.4 Å². The van der Waals surface area contributed by atoms with E-state index in [-0.39, 0.29) is 22.1 Å². The maximum atomic E-state index is 10.6. The first-order valence-electron chi connectivity index (χ1n) is 4.06. The van der Waals surface area contributed by atoms with E-state index in [2.05, 4.69) is 9.97 Å². The van der Waals surface area contributed by atoms with Gasteiger partial charge in [0, 0.05) is 6.07 Å². The van der Waals surface area contributed by atoms with Crippen molar-refractivity contribution < 1.29 is 14.8 Å². The molecule has 0 aliphatic heterocycles. The molecule has 0 amide bonds. The van der Waals surface area contributed by atoms with Gasteiger partial charge in [0.25, 0.3) is 5.69 Å². The summed E-state index contributed by atoms with van der Waals surface area (Å²) in [5.41, 5.74) is 0.110. The molecule has 7 nitrogen and oxygen atoms in total. The molecule has 0 saturated carbocycles. The number of aromatic carboxylic acids is 1. The summed E-state index contributed by atoms with van der Waals surface area (Å²) in [6, 6.07) is 2.55. The fourth-order valence-corrected chi connectivity index (χ4v) is 1.55. The number of hydrogen-bond donors (Lipinski definition) is 2. The highest BCUT2D eigenvalue weighted by molar-refractivity contribution is 6.37. The van der Waals surface area contributed by atoms with Crippen molar-refractivity contribution in [3.8, 4) is 0 Å². The van der Waals surface area contributed by atoms with Gasteiger partial charge in [-0.2, -0.15) is 0 Å². The Hall–Kier alpha value is -2.15. The third kappa shape index (κ3) is 1.47. The minimum absolute atomic E-state index is 0.0771. The molecular weight excluding hydrogens is 238 g/mol. The summed E-state index contributed by atoms with van der Waals surface area (Å²) >= 11 is 5.74. The zero-order valence-electron chi connectivity index (χ0n) is 7.60. The van der Waals surface area contributed by atoms with Crippen LogP contribution in [-0.4, -0.2) is 26.0 Å². The van der Waals surface area contributed by atoms with Crippen molar-refractivity contribution in [2.45, 2.75) is 0 Å². The number of fused-ring (bicyclic) bond motifs is 1. The number of halogens is 1. The molecule has 2 N–H and O–H groups in total. The van der Waals surface area contributed by atoms with Gasteiger partial charge in [-0.05, 0) is 6.07 Å². The van der Waals surface area contributed by atoms with Crippen LogP contribution in [-0.2, 0) is 0 Å². The van der Waals surface area contributed by atoms with Crippen LogP contribution < -0.4 is 0 Å². The van der Waals surface area contributed by atoms with Crippen molar-refractivity contribution in [1.82, 2.24) is 9.97 Å². The molecule has 0 spiro atoms. The topological polar surface area (TPSA) is 109 Å². The van der Waals surface area contributed by atoms with Crippen LogP contribution in [0.5, 0.6) is 0 Å². The maximum absolute atomic E-state index is 10.6. The lowest BCUT2D eigenvalue weighted by atomic mass is 10.3. The van der Waals surface area contributed by atoms with Crippen LogP contribution in [0.2, 0.25) is 5.02 Å². The van der Waals surface area contributed by atoms with Crippen molar-refractivity contribution in [3.63, 3.8) is 0 Å². The van der Waals surface area contributed by atoms with E-state index in [1.54, 1.807) is 0 Å². The lowest BCUT2D eigenvalue weighted by Crippen LogP contribution is -1.97. The number of rotatable bonds is 2. The second-order valence-electron chi connectivity index (χ2n) is 2.94. The Labute approximate surface area is 92.8 Å². The molecule has 1 heterocycles. The van der Waals surface area contributed by atoms with E-state index in [1.807, 2.05) is 0 Å². The second kappa shape index (κ2) is 3.46. The summed E-state index contributed by atoms with van der Waals surface area (Å²) < 4.78 is 0. The molecule has 2 rings (SSSR count). The minimum Gasteiger partial charge on any atom is -0.475 e. The minimum atomic E-state index is -1.25. The first-order chi connectivity index (χ1) is 7.50. The molecule has 0 fully saturated rings. The third-order valence-electron chi connectivity index (χ3n) is 1.97. The summed E-state index contributed by atoms with van der Waals surface area (Å²) in [5.74, 6) is -1.56. The lowest BCUT2D eigenvalue weighted by molar-refractivity contribution is -0.384. The molecule has 0 unspecified atom stereocenters. The van der Waals surface area contributed by atoms with Gasteiger partial charge in [-0.15, -0.1) is 0 Å². The molecule has 82 valence electrons. The van der Waals surface area contributed by atoms with Crippen LogP contribution in [0.4, 0.5) is 5.69 Å². The number of nitro benzene ring substituents is 1. The molecule has 0 saturated heterocycles. The highest BCUT2D eigenvalue weighted by Gasteiger charge is 2.19. The third-order valence-corrected chi connectivity index (χ3v) is 2.34. The van der Waals surface area contributed by atoms with Gasteiger partial charge in [0.15, 0.2) is 0 Å². The molecule has 8 heteroatoms. The Kier molecular flexibility index (Phi) is 2.24. The van der Waals surface area contributed by atoms with E-state index in [0.29, 0.717) is 5.52 Å². The molecule has 0 atom stereocenters. The summed E-state index contributed by atoms with van der Waals surface area (Å²) in [4.78, 5) is 26.7. The van der Waals surface area contributed by atoms with Crippen LogP contribution in [0.25, 0.3) is 11.0 Å². The van der Waals surface area contributed by atoms with Gasteiger partial charge in [0.1, 0.15) is 10.5 Å². The fraction of sp³-hybridized carbons (Fsp3) is 0. The Morgan fingerprint density at radius 2 is 2.25 bits per heavy atom. The monoisotopic (exact) mass is 241 g/mol. The average molecular weight is 242 g/mol. The zero-order valence-corrected chi connectivity index (χ0v) is 8.35. The molecule has 16 heavy (non-hydrogen) atoms. The van der Waals surface area contributed by atoms with Gasteiger partial charge < -0.3 is 10.1 Å². The molecule has 2 aromatic rings. The number of aromatic amines is 1. The number of aromatic nitrogens is 2. The molecule has 0 aliphatic rings. The molecular formula is C8H4ClN3O4. The number of nitrogens with one attached hydrogen (secondary N) is 1. The van der Waals surface area contributed by atoms with E-state index >= 15 is 0 Å². The molecule has 0 bridgehead atoms. The van der Waals surface area contributed by atoms with Gasteiger partial charge in [-0.25, -0.2) is 9.78 Å². The van der Waals surface area contributed by atoms with Gasteiger partial charge >= 0.3 is 5.97 Å². The lowest BCUT2D eigenvalue weighted by Gasteiger charge is -1.94. The van der Waals surface area contributed by atoms with Crippen LogP contribution in [0.15, 0.2) is 12.1 Å². The summed E-state index contributed by atoms with van der Waals surface area (Å²) in [6.07, 6.45) is 0. The molecule has 0 aliphatic carbocycles. The van der Waals surface area contributed by atoms with Crippen LogP contribution in [0.1, 0.15) is 10.6 Å². The molecule has 1 aromatic carbocycles. The van der Waals surface area contributed by atoms with E-state index in [1.165, 1.54) is 12.1 Å². The number of carboxylic acid groups (broad SMARTS) is 1. The van der Waals surface area contributed by atoms with Crippen LogP contribution in [0, 0.1) is 10.1 Å². The highest BCUT2D eigenvalue weighted by Crippen LogP contribution is 2.30. The van der Waals surface area contributed by atoms with Crippen molar-refractivity contribution in [1.29, 1.82) is 0 Å². The van der Waals surface area contributed by atoms with E-state index in [0.717, 1.165) is 0 Å². The number of carboxylic acids is 1. The predicted octanol–water partition coefficient (Wildman–Crippen LogP) is 1.82. The summed E-state index contributed by atoms with van der Waals surface area (Å²) in [5, 5.41) is 19.1. The van der Waals surface area contributed by atoms with Crippen LogP contribution >= 0.6 is 11.6 Å². The molecule has 1 aromatic heterocycles. The van der Waals surface area contributed by atoms with Gasteiger partial charge in [0.2, 0.25) is 5.82 Å². The average Bonchev–Trinajstić information content (AvgIpc) is 2.62. The van der Waals surface area contributed by atoms with Gasteiger partial charge in [-0.1, -0.05) is 11.6 Å². The smallest absolute Gasteiger partial charge is 0.371 e. The van der Waals surface area contributed by atoms with Crippen molar-refractivity contribution in [3.05, 3.63) is 33.1 Å². The number of nitro groups is 1. The highest BCUT2D eigenvalue weighted by atomic mass is 35.5. The Bertz CT molecular complexity index is 607. The van der Waals surface area contributed by atoms with E-state index in [9.17, 15) is 14.9 Å². The van der Waals surface area contributed by atoms with Crippen molar-refractivity contribution in [2.75, 3.05) is 0 Å². The number of H-pyrrole nitrogens is 1. The Morgan fingerprint density at radius 3 is 2.81 bits per heavy atom. The molecule has 0 radical (unpaired) electrons. The standard InChI is InChI=1S/C8H4ClN3O4/c9-5-4(12(15)16)2-1-3-6(5)11-7(10-3)8(13)14/h1-2H,(H,10,11)(H,13,14). The number of hydrogen-bond acceptors (Lipinski definition) is 4. The quantitative estimate of drug-likeness (QED) is 0.616. The second-order valence-corrected chi connectivity index (χ2v) is 3.32. The normalized spacial score (nSPS) is 10.6. The predicted molar refractivity (Wildman–Crippen MR) is 54.7 cm³/mol. The number of imidazole rings is 1.